The van der Waals surface area contributed by atoms with Crippen LogP contribution < -0.4 is 0 Å². The lowest BCUT2D eigenvalue weighted by Crippen LogP contribution is -1.98. The van der Waals surface area contributed by atoms with Gasteiger partial charge in [0.1, 0.15) is 17.0 Å². The molecule has 57 heavy (non-hydrogen) atoms. The number of hydrogen-bond donors (Lipinski definition) is 0. The Bertz CT molecular complexity index is 3520. The summed E-state index contributed by atoms with van der Waals surface area (Å²) in [6.45, 7) is 0. The number of furan rings is 1. The number of nitrogens with zero attached hydrogens (tertiary/aromatic N) is 3. The summed E-state index contributed by atoms with van der Waals surface area (Å²) in [5, 5.41) is 7.05. The monoisotopic (exact) mass is 727 g/mol. The Kier molecular flexibility index (Phi) is 6.89. The van der Waals surface area contributed by atoms with Gasteiger partial charge in [0.2, 0.25) is 0 Å². The minimum absolute atomic E-state index is 0.891. The Morgan fingerprint density at radius 3 is 1.75 bits per heavy atom. The first-order valence-corrected chi connectivity index (χ1v) is 19.4. The van der Waals surface area contributed by atoms with Crippen molar-refractivity contribution >= 4 is 65.6 Å². The van der Waals surface area contributed by atoms with E-state index in [1.807, 2.05) is 18.2 Å². The van der Waals surface area contributed by atoms with Gasteiger partial charge >= 0.3 is 0 Å². The molecule has 0 N–H and O–H groups in total. The predicted octanol–water partition coefficient (Wildman–Crippen LogP) is 14.2. The van der Waals surface area contributed by atoms with Gasteiger partial charge in [-0.15, -0.1) is 0 Å². The van der Waals surface area contributed by atoms with Crippen molar-refractivity contribution in [1.82, 2.24) is 14.1 Å². The lowest BCUT2D eigenvalue weighted by molar-refractivity contribution is 0.669. The van der Waals surface area contributed by atoms with Crippen molar-refractivity contribution in [3.63, 3.8) is 0 Å². The maximum Gasteiger partial charge on any atom is 0.138 e. The van der Waals surface area contributed by atoms with E-state index in [0.717, 1.165) is 72.3 Å². The van der Waals surface area contributed by atoms with Gasteiger partial charge in [-0.1, -0.05) is 133 Å². The van der Waals surface area contributed by atoms with Crippen molar-refractivity contribution in [3.05, 3.63) is 200 Å². The third-order valence-electron chi connectivity index (χ3n) is 11.5. The average Bonchev–Trinajstić information content (AvgIpc) is 3.93. The summed E-state index contributed by atoms with van der Waals surface area (Å²) in [5.74, 6) is 0.892. The van der Waals surface area contributed by atoms with Crippen molar-refractivity contribution in [2.24, 2.45) is 0 Å². The van der Waals surface area contributed by atoms with Gasteiger partial charge in [-0.25, -0.2) is 4.98 Å². The molecular weight excluding hydrogens is 695 g/mol. The zero-order valence-electron chi connectivity index (χ0n) is 30.8. The molecule has 0 unspecified atom stereocenters. The summed E-state index contributed by atoms with van der Waals surface area (Å²) in [5.41, 5.74) is 14.2. The Hall–Kier alpha value is -7.69. The van der Waals surface area contributed by atoms with Crippen molar-refractivity contribution in [3.8, 4) is 45.0 Å². The molecule has 4 nitrogen and oxygen atoms in total. The molecule has 0 amide bonds. The van der Waals surface area contributed by atoms with Crippen molar-refractivity contribution in [2.45, 2.75) is 0 Å². The van der Waals surface area contributed by atoms with Gasteiger partial charge in [0.05, 0.1) is 27.8 Å². The molecular formula is C53H33N3O. The second kappa shape index (κ2) is 12.4. The molecule has 4 heterocycles. The maximum absolute atomic E-state index is 6.24. The molecule has 0 bridgehead atoms. The number of aromatic nitrogens is 3. The van der Waals surface area contributed by atoms with E-state index in [1.165, 1.54) is 38.2 Å². The normalized spacial score (nSPS) is 11.9. The second-order valence-electron chi connectivity index (χ2n) is 14.7. The van der Waals surface area contributed by atoms with Gasteiger partial charge in [0.15, 0.2) is 0 Å². The molecule has 8 aromatic carbocycles. The van der Waals surface area contributed by atoms with Crippen LogP contribution in [0.3, 0.4) is 0 Å². The fourth-order valence-electron chi connectivity index (χ4n) is 8.94. The highest BCUT2D eigenvalue weighted by atomic mass is 16.3. The molecule has 0 aliphatic heterocycles. The van der Waals surface area contributed by atoms with E-state index in [4.69, 9.17) is 9.40 Å². The van der Waals surface area contributed by atoms with Crippen LogP contribution >= 0.6 is 0 Å². The summed E-state index contributed by atoms with van der Waals surface area (Å²) in [4.78, 5) is 5.25. The summed E-state index contributed by atoms with van der Waals surface area (Å²) < 4.78 is 11.0. The smallest absolute Gasteiger partial charge is 0.138 e. The minimum Gasteiger partial charge on any atom is -0.456 e. The van der Waals surface area contributed by atoms with Crippen molar-refractivity contribution < 1.29 is 4.42 Å². The predicted molar refractivity (Wildman–Crippen MR) is 237 cm³/mol. The Balaban J connectivity index is 1.12. The van der Waals surface area contributed by atoms with Crippen LogP contribution in [0.2, 0.25) is 0 Å². The van der Waals surface area contributed by atoms with Crippen LogP contribution in [-0.4, -0.2) is 14.1 Å². The molecule has 0 spiro atoms. The molecule has 0 fully saturated rings. The molecule has 0 atom stereocenters. The van der Waals surface area contributed by atoms with Crippen LogP contribution in [0.4, 0.5) is 0 Å². The quantitative estimate of drug-likeness (QED) is 0.177. The SMILES string of the molecule is c1ccc(-c2cccc(-n3c4ccccc4c4ccc(-c5cc6c7ccccc7n(-c7ccc8oc9ccccc9c8c7)c6cc5-c5ccccc5)cc43)n2)cc1. The first kappa shape index (κ1) is 31.6. The van der Waals surface area contributed by atoms with Crippen LogP contribution in [0, 0.1) is 0 Å². The summed E-state index contributed by atoms with van der Waals surface area (Å²) in [6.07, 6.45) is 0. The van der Waals surface area contributed by atoms with E-state index < -0.39 is 0 Å². The molecule has 266 valence electrons. The van der Waals surface area contributed by atoms with E-state index in [-0.39, 0.29) is 0 Å². The van der Waals surface area contributed by atoms with Gasteiger partial charge in [0, 0.05) is 43.6 Å². The maximum atomic E-state index is 6.24. The topological polar surface area (TPSA) is 35.9 Å². The van der Waals surface area contributed by atoms with Crippen LogP contribution in [-0.2, 0) is 0 Å². The average molecular weight is 728 g/mol. The molecule has 0 saturated carbocycles. The first-order chi connectivity index (χ1) is 28.3. The van der Waals surface area contributed by atoms with Gasteiger partial charge in [0.25, 0.3) is 0 Å². The van der Waals surface area contributed by atoms with E-state index in [1.54, 1.807) is 0 Å². The van der Waals surface area contributed by atoms with Gasteiger partial charge in [-0.2, -0.15) is 0 Å². The number of benzene rings is 8. The van der Waals surface area contributed by atoms with Crippen LogP contribution in [0.15, 0.2) is 205 Å². The van der Waals surface area contributed by atoms with Gasteiger partial charge in [-0.3, -0.25) is 4.57 Å². The number of rotatable bonds is 5. The summed E-state index contributed by atoms with van der Waals surface area (Å²) >= 11 is 0. The van der Waals surface area contributed by atoms with Crippen LogP contribution in [0.1, 0.15) is 0 Å². The molecule has 4 heteroatoms. The highest BCUT2D eigenvalue weighted by Crippen LogP contribution is 2.43. The van der Waals surface area contributed by atoms with Crippen LogP contribution in [0.25, 0.3) is 111 Å². The molecule has 0 radical (unpaired) electrons. The minimum atomic E-state index is 0.891. The van der Waals surface area contributed by atoms with E-state index >= 15 is 0 Å². The molecule has 0 aliphatic rings. The molecule has 0 aliphatic carbocycles. The standard InChI is InChI=1S/C53H33N3O/c1-3-14-34(15-4-1)43-33-50-44(39-19-8-10-22-47(39)55(50)37-27-29-52-45(31-37)41-20-9-12-24-51(41)57-52)32-42(43)36-26-28-40-38-18-7-11-23-48(38)56(49(40)30-36)53-25-13-21-46(54-53)35-16-5-2-6-17-35/h1-33H. The Labute approximate surface area is 328 Å². The lowest BCUT2D eigenvalue weighted by atomic mass is 9.92. The largest absolute Gasteiger partial charge is 0.456 e. The summed E-state index contributed by atoms with van der Waals surface area (Å²) in [7, 11) is 0. The van der Waals surface area contributed by atoms with E-state index in [9.17, 15) is 0 Å². The Morgan fingerprint density at radius 2 is 0.947 bits per heavy atom. The highest BCUT2D eigenvalue weighted by Gasteiger charge is 2.20. The van der Waals surface area contributed by atoms with E-state index in [2.05, 4.69) is 191 Å². The third-order valence-corrected chi connectivity index (χ3v) is 11.5. The van der Waals surface area contributed by atoms with Gasteiger partial charge < -0.3 is 8.98 Å². The number of fused-ring (bicyclic) bond motifs is 9. The molecule has 0 saturated heterocycles. The van der Waals surface area contributed by atoms with Crippen LogP contribution in [0.5, 0.6) is 0 Å². The highest BCUT2D eigenvalue weighted by molar-refractivity contribution is 6.15. The first-order valence-electron chi connectivity index (χ1n) is 19.4. The zero-order valence-corrected chi connectivity index (χ0v) is 30.8. The molecule has 4 aromatic heterocycles. The number of para-hydroxylation sites is 3. The van der Waals surface area contributed by atoms with Crippen molar-refractivity contribution in [2.75, 3.05) is 0 Å². The van der Waals surface area contributed by atoms with Gasteiger partial charge in [-0.05, 0) is 89.0 Å². The lowest BCUT2D eigenvalue weighted by Gasteiger charge is -2.15. The summed E-state index contributed by atoms with van der Waals surface area (Å²) in [6, 6.07) is 71.5. The number of pyridine rings is 1. The fourth-order valence-corrected chi connectivity index (χ4v) is 8.94. The fraction of sp³-hybridized carbons (Fsp3) is 0. The third kappa shape index (κ3) is 4.91. The van der Waals surface area contributed by atoms with Crippen molar-refractivity contribution in [1.29, 1.82) is 0 Å². The Morgan fingerprint density at radius 1 is 0.333 bits per heavy atom. The van der Waals surface area contributed by atoms with E-state index in [0.29, 0.717) is 0 Å². The second-order valence-corrected chi connectivity index (χ2v) is 14.7. The molecule has 12 aromatic rings. The molecule has 12 rings (SSSR count). The number of hydrogen-bond acceptors (Lipinski definition) is 2. The zero-order chi connectivity index (χ0) is 37.5.